The Bertz CT molecular complexity index is 589. The molecule has 7 nitrogen and oxygen atoms in total. The Morgan fingerprint density at radius 2 is 2.25 bits per heavy atom. The van der Waals surface area contributed by atoms with E-state index in [1.165, 1.54) is 7.11 Å². The lowest BCUT2D eigenvalue weighted by molar-refractivity contribution is -0.384. The van der Waals surface area contributed by atoms with Gasteiger partial charge in [0, 0.05) is 13.0 Å². The predicted molar refractivity (Wildman–Crippen MR) is 65.5 cm³/mol. The van der Waals surface area contributed by atoms with Crippen LogP contribution >= 0.6 is 0 Å². The van der Waals surface area contributed by atoms with Gasteiger partial charge in [0.15, 0.2) is 0 Å². The molecule has 106 valence electrons. The summed E-state index contributed by atoms with van der Waals surface area (Å²) < 4.78 is 17.6. The van der Waals surface area contributed by atoms with Crippen LogP contribution in [0, 0.1) is 21.8 Å². The minimum Gasteiger partial charge on any atom is -0.469 e. The van der Waals surface area contributed by atoms with Gasteiger partial charge >= 0.3 is 5.97 Å². The molecule has 0 saturated carbocycles. The summed E-state index contributed by atoms with van der Waals surface area (Å²) in [4.78, 5) is 34.5. The Morgan fingerprint density at radius 1 is 1.55 bits per heavy atom. The van der Waals surface area contributed by atoms with Gasteiger partial charge < -0.3 is 9.64 Å². The van der Waals surface area contributed by atoms with Gasteiger partial charge in [0.05, 0.1) is 24.0 Å². The van der Waals surface area contributed by atoms with E-state index >= 15 is 0 Å². The molecule has 0 spiro atoms. The van der Waals surface area contributed by atoms with Crippen molar-refractivity contribution in [2.75, 3.05) is 18.6 Å². The van der Waals surface area contributed by atoms with Gasteiger partial charge in [0.25, 0.3) is 5.69 Å². The first-order valence-corrected chi connectivity index (χ1v) is 5.76. The summed E-state index contributed by atoms with van der Waals surface area (Å²) in [5.74, 6) is -2.42. The topological polar surface area (TPSA) is 89.8 Å². The maximum atomic E-state index is 13.1. The van der Waals surface area contributed by atoms with E-state index in [9.17, 15) is 24.1 Å². The van der Waals surface area contributed by atoms with Crippen molar-refractivity contribution in [1.82, 2.24) is 0 Å². The van der Waals surface area contributed by atoms with E-state index in [4.69, 9.17) is 0 Å². The highest BCUT2D eigenvalue weighted by Gasteiger charge is 2.38. The fraction of sp³-hybridized carbons (Fsp3) is 0.333. The lowest BCUT2D eigenvalue weighted by Gasteiger charge is -2.16. The number of carbonyl (C=O) groups is 2. The van der Waals surface area contributed by atoms with E-state index in [-0.39, 0.29) is 18.7 Å². The molecule has 1 amide bonds. The van der Waals surface area contributed by atoms with Crippen LogP contribution in [-0.2, 0) is 14.3 Å². The highest BCUT2D eigenvalue weighted by molar-refractivity contribution is 6.01. The van der Waals surface area contributed by atoms with E-state index in [0.717, 1.165) is 23.1 Å². The molecule has 0 radical (unpaired) electrons. The molecule has 0 N–H and O–H groups in total. The first kappa shape index (κ1) is 13.9. The first-order valence-electron chi connectivity index (χ1n) is 5.76. The van der Waals surface area contributed by atoms with E-state index in [2.05, 4.69) is 4.74 Å². The van der Waals surface area contributed by atoms with Gasteiger partial charge in [-0.25, -0.2) is 4.39 Å². The third-order valence-corrected chi connectivity index (χ3v) is 3.08. The zero-order valence-corrected chi connectivity index (χ0v) is 10.5. The number of halogens is 1. The molecule has 2 rings (SSSR count). The molecular weight excluding hydrogens is 271 g/mol. The van der Waals surface area contributed by atoms with Crippen LogP contribution in [0.1, 0.15) is 6.42 Å². The van der Waals surface area contributed by atoms with Crippen molar-refractivity contribution < 1.29 is 23.6 Å². The second kappa shape index (κ2) is 5.24. The number of nitro benzene ring substituents is 1. The van der Waals surface area contributed by atoms with Gasteiger partial charge in [0.2, 0.25) is 5.91 Å². The first-order chi connectivity index (χ1) is 9.43. The number of esters is 1. The molecule has 1 saturated heterocycles. The van der Waals surface area contributed by atoms with E-state index in [0.29, 0.717) is 0 Å². The van der Waals surface area contributed by atoms with Gasteiger partial charge in [-0.1, -0.05) is 0 Å². The molecule has 20 heavy (non-hydrogen) atoms. The molecule has 1 atom stereocenters. The Hall–Kier alpha value is -2.51. The van der Waals surface area contributed by atoms with Crippen LogP contribution in [0.15, 0.2) is 18.2 Å². The molecule has 1 aromatic carbocycles. The summed E-state index contributed by atoms with van der Waals surface area (Å²) in [6, 6.07) is 2.93. The van der Waals surface area contributed by atoms with E-state index in [1.807, 2.05) is 0 Å². The molecule has 1 heterocycles. The van der Waals surface area contributed by atoms with Gasteiger partial charge in [-0.2, -0.15) is 0 Å². The summed E-state index contributed by atoms with van der Waals surface area (Å²) in [6.07, 6.45) is -0.0821. The van der Waals surface area contributed by atoms with Gasteiger partial charge in [-0.05, 0) is 12.1 Å². The van der Waals surface area contributed by atoms with Gasteiger partial charge in [-0.3, -0.25) is 19.7 Å². The number of nitro groups is 1. The summed E-state index contributed by atoms with van der Waals surface area (Å²) in [5, 5.41) is 10.9. The van der Waals surface area contributed by atoms with Crippen LogP contribution < -0.4 is 4.90 Å². The second-order valence-corrected chi connectivity index (χ2v) is 4.32. The zero-order chi connectivity index (χ0) is 14.9. The summed E-state index contributed by atoms with van der Waals surface area (Å²) in [5.41, 5.74) is -0.531. The Balaban J connectivity index is 2.35. The van der Waals surface area contributed by atoms with E-state index < -0.39 is 34.2 Å². The summed E-state index contributed by atoms with van der Waals surface area (Å²) in [7, 11) is 1.20. The Labute approximate surface area is 113 Å². The highest BCUT2D eigenvalue weighted by atomic mass is 19.1. The Morgan fingerprint density at radius 3 is 2.85 bits per heavy atom. The molecule has 1 aliphatic rings. The number of anilines is 1. The van der Waals surface area contributed by atoms with Crippen LogP contribution in [0.4, 0.5) is 15.8 Å². The summed E-state index contributed by atoms with van der Waals surface area (Å²) in [6.45, 7) is -0.0159. The fourth-order valence-corrected chi connectivity index (χ4v) is 2.14. The lowest BCUT2D eigenvalue weighted by Crippen LogP contribution is -2.26. The normalized spacial score (nSPS) is 18.2. The van der Waals surface area contributed by atoms with Crippen LogP contribution in [0.25, 0.3) is 0 Å². The molecule has 8 heteroatoms. The average molecular weight is 282 g/mol. The SMILES string of the molecule is COC(=O)C1CC(=O)N(c2ccc(F)cc2[N+](=O)[O-])C1. The van der Waals surface area contributed by atoms with Crippen molar-refractivity contribution >= 4 is 23.3 Å². The number of nitrogens with zero attached hydrogens (tertiary/aromatic N) is 2. The van der Waals surface area contributed by atoms with Crippen molar-refractivity contribution in [3.8, 4) is 0 Å². The predicted octanol–water partition coefficient (Wildman–Crippen LogP) is 1.26. The number of ether oxygens (including phenoxy) is 1. The van der Waals surface area contributed by atoms with Crippen molar-refractivity contribution in [3.05, 3.63) is 34.1 Å². The monoisotopic (exact) mass is 282 g/mol. The maximum Gasteiger partial charge on any atom is 0.311 e. The number of benzene rings is 1. The third-order valence-electron chi connectivity index (χ3n) is 3.08. The van der Waals surface area contributed by atoms with Gasteiger partial charge in [-0.15, -0.1) is 0 Å². The smallest absolute Gasteiger partial charge is 0.311 e. The van der Waals surface area contributed by atoms with Crippen molar-refractivity contribution in [3.63, 3.8) is 0 Å². The maximum absolute atomic E-state index is 13.1. The zero-order valence-electron chi connectivity index (χ0n) is 10.5. The molecule has 1 fully saturated rings. The largest absolute Gasteiger partial charge is 0.469 e. The number of hydrogen-bond acceptors (Lipinski definition) is 5. The van der Waals surface area contributed by atoms with Crippen molar-refractivity contribution in [1.29, 1.82) is 0 Å². The number of rotatable bonds is 3. The molecule has 0 bridgehead atoms. The van der Waals surface area contributed by atoms with Crippen LogP contribution in [0.3, 0.4) is 0 Å². The van der Waals surface area contributed by atoms with Crippen LogP contribution in [0.5, 0.6) is 0 Å². The van der Waals surface area contributed by atoms with Crippen LogP contribution in [-0.4, -0.2) is 30.5 Å². The third kappa shape index (κ3) is 2.44. The lowest BCUT2D eigenvalue weighted by atomic mass is 10.1. The van der Waals surface area contributed by atoms with Crippen molar-refractivity contribution in [2.45, 2.75) is 6.42 Å². The molecule has 0 aliphatic carbocycles. The minimum atomic E-state index is -0.767. The van der Waals surface area contributed by atoms with Crippen molar-refractivity contribution in [2.24, 2.45) is 5.92 Å². The highest BCUT2D eigenvalue weighted by Crippen LogP contribution is 2.33. The fourth-order valence-electron chi connectivity index (χ4n) is 2.14. The van der Waals surface area contributed by atoms with E-state index in [1.54, 1.807) is 0 Å². The molecule has 1 aromatic rings. The molecule has 1 unspecified atom stereocenters. The summed E-state index contributed by atoms with van der Waals surface area (Å²) >= 11 is 0. The molecular formula is C12H11FN2O5. The quantitative estimate of drug-likeness (QED) is 0.473. The second-order valence-electron chi connectivity index (χ2n) is 4.32. The standard InChI is InChI=1S/C12H11FN2O5/c1-20-12(17)7-4-11(16)14(6-7)9-3-2-8(13)5-10(9)15(18)19/h2-3,5,7H,4,6H2,1H3. The number of carbonyl (C=O) groups excluding carboxylic acids is 2. The van der Waals surface area contributed by atoms with Gasteiger partial charge in [0.1, 0.15) is 11.5 Å². The average Bonchev–Trinajstić information content (AvgIpc) is 2.79. The Kier molecular flexibility index (Phi) is 3.64. The number of methoxy groups -OCH3 is 1. The molecule has 1 aliphatic heterocycles. The number of amides is 1. The van der Waals surface area contributed by atoms with Crippen LogP contribution in [0.2, 0.25) is 0 Å². The number of hydrogen-bond donors (Lipinski definition) is 0. The molecule has 0 aromatic heterocycles. The minimum absolute atomic E-state index is 0.0159.